The molecule has 32 heavy (non-hydrogen) atoms. The Kier molecular flexibility index (Phi) is 6.97. The molecule has 4 rings (SSSR count). The Balaban J connectivity index is 1.39. The summed E-state index contributed by atoms with van der Waals surface area (Å²) in [5, 5.41) is 0. The molecule has 0 spiro atoms. The van der Waals surface area contributed by atoms with Crippen LogP contribution in [0.3, 0.4) is 0 Å². The molecule has 1 fully saturated rings. The van der Waals surface area contributed by atoms with Crippen LogP contribution in [0.15, 0.2) is 71.6 Å². The smallest absolute Gasteiger partial charge is 0.337 e. The van der Waals surface area contributed by atoms with E-state index in [0.29, 0.717) is 17.7 Å². The minimum Gasteiger partial charge on any atom is -0.467 e. The highest BCUT2D eigenvalue weighted by atomic mass is 16.5. The highest BCUT2D eigenvalue weighted by molar-refractivity contribution is 5.94. The van der Waals surface area contributed by atoms with E-state index in [4.69, 9.17) is 9.15 Å². The van der Waals surface area contributed by atoms with Crippen molar-refractivity contribution in [1.29, 1.82) is 0 Å². The molecule has 0 saturated carbocycles. The molecular formula is C25H27N3O4. The van der Waals surface area contributed by atoms with Gasteiger partial charge in [-0.25, -0.2) is 4.79 Å². The monoisotopic (exact) mass is 433 g/mol. The van der Waals surface area contributed by atoms with Gasteiger partial charge < -0.3 is 14.1 Å². The summed E-state index contributed by atoms with van der Waals surface area (Å²) in [6, 6.07) is 15.0. The summed E-state index contributed by atoms with van der Waals surface area (Å²) in [4.78, 5) is 33.3. The molecule has 1 saturated heterocycles. The summed E-state index contributed by atoms with van der Waals surface area (Å²) >= 11 is 0. The van der Waals surface area contributed by atoms with Gasteiger partial charge in [0.05, 0.1) is 31.0 Å². The molecule has 0 aliphatic carbocycles. The fourth-order valence-corrected chi connectivity index (χ4v) is 4.10. The number of piperidine rings is 1. The van der Waals surface area contributed by atoms with Gasteiger partial charge >= 0.3 is 5.97 Å². The summed E-state index contributed by atoms with van der Waals surface area (Å²) in [6.45, 7) is 3.03. The van der Waals surface area contributed by atoms with E-state index in [1.54, 1.807) is 42.9 Å². The van der Waals surface area contributed by atoms with Crippen molar-refractivity contribution in [3.63, 3.8) is 0 Å². The summed E-state index contributed by atoms with van der Waals surface area (Å²) in [7, 11) is 1.38. The van der Waals surface area contributed by atoms with E-state index in [-0.39, 0.29) is 17.9 Å². The zero-order valence-corrected chi connectivity index (χ0v) is 18.1. The van der Waals surface area contributed by atoms with Gasteiger partial charge in [-0.05, 0) is 54.8 Å². The summed E-state index contributed by atoms with van der Waals surface area (Å²) in [6.07, 6.45) is 6.69. The molecule has 0 bridgehead atoms. The average Bonchev–Trinajstić information content (AvgIpc) is 3.37. The molecule has 3 aromatic rings. The largest absolute Gasteiger partial charge is 0.467 e. The number of carbonyl (C=O) groups is 2. The number of aromatic nitrogens is 1. The van der Waals surface area contributed by atoms with Crippen LogP contribution in [0.1, 0.15) is 44.9 Å². The number of hydrogen-bond acceptors (Lipinski definition) is 6. The molecule has 0 radical (unpaired) electrons. The Morgan fingerprint density at radius 2 is 1.88 bits per heavy atom. The van der Waals surface area contributed by atoms with Crippen LogP contribution in [0, 0.1) is 0 Å². The second-order valence-corrected chi connectivity index (χ2v) is 7.95. The maximum atomic E-state index is 13.2. The molecule has 1 aliphatic heterocycles. The molecule has 0 unspecified atom stereocenters. The van der Waals surface area contributed by atoms with Crippen molar-refractivity contribution in [1.82, 2.24) is 14.8 Å². The Hall–Kier alpha value is -3.45. The van der Waals surface area contributed by atoms with Crippen molar-refractivity contribution in [3.05, 3.63) is 89.6 Å². The minimum absolute atomic E-state index is 0.0219. The number of esters is 1. The van der Waals surface area contributed by atoms with E-state index in [2.05, 4.69) is 9.88 Å². The van der Waals surface area contributed by atoms with Gasteiger partial charge in [-0.15, -0.1) is 0 Å². The quantitative estimate of drug-likeness (QED) is 0.528. The first kappa shape index (κ1) is 21.8. The van der Waals surface area contributed by atoms with Crippen molar-refractivity contribution in [3.8, 4) is 0 Å². The zero-order chi connectivity index (χ0) is 22.3. The number of methoxy groups -OCH3 is 1. The fraction of sp³-hybridized carbons (Fsp3) is 0.320. The standard InChI is InChI=1S/C25H27N3O4/c1-31-25(30)20-8-6-19(7-9-20)17-27-13-10-22(11-14-27)28(18-23-5-3-15-32-23)24(29)21-4-2-12-26-16-21/h2-9,12,15-16,22H,10-11,13-14,17-18H2,1H3. The van der Waals surface area contributed by atoms with Crippen molar-refractivity contribution in [2.75, 3.05) is 20.2 Å². The van der Waals surface area contributed by atoms with Crippen LogP contribution >= 0.6 is 0 Å². The third-order valence-electron chi connectivity index (χ3n) is 5.85. The molecule has 3 heterocycles. The van der Waals surface area contributed by atoms with Crippen molar-refractivity contribution >= 4 is 11.9 Å². The molecule has 0 atom stereocenters. The number of carbonyl (C=O) groups excluding carboxylic acids is 2. The summed E-state index contributed by atoms with van der Waals surface area (Å²) < 4.78 is 10.3. The lowest BCUT2D eigenvalue weighted by atomic mass is 10.0. The average molecular weight is 434 g/mol. The predicted molar refractivity (Wildman–Crippen MR) is 119 cm³/mol. The highest BCUT2D eigenvalue weighted by Crippen LogP contribution is 2.23. The molecular weight excluding hydrogens is 406 g/mol. The van der Waals surface area contributed by atoms with Crippen LogP contribution in [0.2, 0.25) is 0 Å². The predicted octanol–water partition coefficient (Wildman–Crippen LogP) is 3.77. The maximum absolute atomic E-state index is 13.2. The fourth-order valence-electron chi connectivity index (χ4n) is 4.10. The normalized spacial score (nSPS) is 14.8. The molecule has 7 heteroatoms. The second kappa shape index (κ2) is 10.2. The molecule has 1 amide bonds. The first-order chi connectivity index (χ1) is 15.6. The second-order valence-electron chi connectivity index (χ2n) is 7.95. The van der Waals surface area contributed by atoms with Gasteiger partial charge in [0, 0.05) is 38.1 Å². The van der Waals surface area contributed by atoms with Crippen LogP contribution < -0.4 is 0 Å². The Morgan fingerprint density at radius 3 is 2.50 bits per heavy atom. The molecule has 166 valence electrons. The molecule has 7 nitrogen and oxygen atoms in total. The summed E-state index contributed by atoms with van der Waals surface area (Å²) in [5.41, 5.74) is 2.29. The first-order valence-electron chi connectivity index (χ1n) is 10.8. The van der Waals surface area contributed by atoms with Crippen LogP contribution in [0.5, 0.6) is 0 Å². The molecule has 1 aromatic carbocycles. The first-order valence-corrected chi connectivity index (χ1v) is 10.8. The maximum Gasteiger partial charge on any atom is 0.337 e. The van der Waals surface area contributed by atoms with Crippen LogP contribution in [0.4, 0.5) is 0 Å². The van der Waals surface area contributed by atoms with E-state index >= 15 is 0 Å². The number of pyridine rings is 1. The number of benzene rings is 1. The van der Waals surface area contributed by atoms with Gasteiger partial charge in [0.15, 0.2) is 0 Å². The van der Waals surface area contributed by atoms with E-state index in [1.165, 1.54) is 7.11 Å². The van der Waals surface area contributed by atoms with Gasteiger partial charge in [-0.2, -0.15) is 0 Å². The number of hydrogen-bond donors (Lipinski definition) is 0. The van der Waals surface area contributed by atoms with Crippen molar-refractivity contribution < 1.29 is 18.7 Å². The van der Waals surface area contributed by atoms with Gasteiger partial charge in [0.25, 0.3) is 5.91 Å². The Labute approximate surface area is 187 Å². The van der Waals surface area contributed by atoms with E-state index in [0.717, 1.165) is 43.8 Å². The third-order valence-corrected chi connectivity index (χ3v) is 5.85. The highest BCUT2D eigenvalue weighted by Gasteiger charge is 2.29. The van der Waals surface area contributed by atoms with Crippen LogP contribution in [0.25, 0.3) is 0 Å². The van der Waals surface area contributed by atoms with Gasteiger partial charge in [-0.3, -0.25) is 14.7 Å². The lowest BCUT2D eigenvalue weighted by Gasteiger charge is -2.38. The number of rotatable bonds is 7. The lowest BCUT2D eigenvalue weighted by Crippen LogP contribution is -2.46. The minimum atomic E-state index is -0.327. The van der Waals surface area contributed by atoms with Gasteiger partial charge in [0.1, 0.15) is 5.76 Å². The van der Waals surface area contributed by atoms with E-state index < -0.39 is 0 Å². The zero-order valence-electron chi connectivity index (χ0n) is 18.1. The lowest BCUT2D eigenvalue weighted by molar-refractivity contribution is 0.0522. The van der Waals surface area contributed by atoms with Crippen LogP contribution in [-0.4, -0.2) is 52.9 Å². The SMILES string of the molecule is COC(=O)c1ccc(CN2CCC(N(Cc3ccco3)C(=O)c3cccnc3)CC2)cc1. The van der Waals surface area contributed by atoms with Crippen LogP contribution in [-0.2, 0) is 17.8 Å². The number of nitrogens with zero attached hydrogens (tertiary/aromatic N) is 3. The molecule has 0 N–H and O–H groups in total. The van der Waals surface area contributed by atoms with Gasteiger partial charge in [-0.1, -0.05) is 12.1 Å². The Morgan fingerprint density at radius 1 is 1.09 bits per heavy atom. The third kappa shape index (κ3) is 5.23. The number of amides is 1. The molecule has 2 aromatic heterocycles. The Bertz CT molecular complexity index is 1010. The topological polar surface area (TPSA) is 75.9 Å². The van der Waals surface area contributed by atoms with Gasteiger partial charge in [0.2, 0.25) is 0 Å². The van der Waals surface area contributed by atoms with Crippen molar-refractivity contribution in [2.45, 2.75) is 32.0 Å². The summed E-state index contributed by atoms with van der Waals surface area (Å²) in [5.74, 6) is 0.425. The van der Waals surface area contributed by atoms with E-state index in [9.17, 15) is 9.59 Å². The molecule has 1 aliphatic rings. The number of likely N-dealkylation sites (tertiary alicyclic amines) is 1. The number of ether oxygens (including phenoxy) is 1. The van der Waals surface area contributed by atoms with Crippen molar-refractivity contribution in [2.24, 2.45) is 0 Å². The number of furan rings is 1. The van der Waals surface area contributed by atoms with E-state index in [1.807, 2.05) is 29.2 Å².